The van der Waals surface area contributed by atoms with Gasteiger partial charge in [0.1, 0.15) is 0 Å². The monoisotopic (exact) mass is 361 g/mol. The van der Waals surface area contributed by atoms with E-state index in [4.69, 9.17) is 5.11 Å². The van der Waals surface area contributed by atoms with Crippen molar-refractivity contribution in [1.82, 2.24) is 4.31 Å². The van der Waals surface area contributed by atoms with Gasteiger partial charge < -0.3 is 5.11 Å². The van der Waals surface area contributed by atoms with E-state index in [1.165, 1.54) is 10.4 Å². The molecule has 1 fully saturated rings. The van der Waals surface area contributed by atoms with Gasteiger partial charge in [-0.15, -0.1) is 0 Å². The van der Waals surface area contributed by atoms with E-state index in [2.05, 4.69) is 15.9 Å². The van der Waals surface area contributed by atoms with Crippen LogP contribution in [0.1, 0.15) is 25.7 Å². The van der Waals surface area contributed by atoms with Crippen LogP contribution in [0.3, 0.4) is 0 Å². The molecule has 0 radical (unpaired) electrons. The van der Waals surface area contributed by atoms with Crippen molar-refractivity contribution in [3.05, 3.63) is 28.7 Å². The van der Waals surface area contributed by atoms with Crippen LogP contribution < -0.4 is 0 Å². The maximum atomic E-state index is 12.6. The van der Waals surface area contributed by atoms with Gasteiger partial charge in [-0.3, -0.25) is 4.79 Å². The minimum Gasteiger partial charge on any atom is -0.481 e. The smallest absolute Gasteiger partial charge is 0.304 e. The average molecular weight is 362 g/mol. The van der Waals surface area contributed by atoms with E-state index in [9.17, 15) is 13.2 Å². The number of hydrogen-bond acceptors (Lipinski definition) is 3. The lowest BCUT2D eigenvalue weighted by molar-refractivity contribution is -0.138. The SMILES string of the molecule is O=C(O)CC1CCCCN1S(=O)(=O)c1cccc(Br)c1. The molecule has 20 heavy (non-hydrogen) atoms. The molecular weight excluding hydrogens is 346 g/mol. The minimum absolute atomic E-state index is 0.146. The Morgan fingerprint density at radius 3 is 2.80 bits per heavy atom. The Morgan fingerprint density at radius 1 is 1.40 bits per heavy atom. The number of sulfonamides is 1. The molecule has 1 unspecified atom stereocenters. The van der Waals surface area contributed by atoms with Gasteiger partial charge in [0.2, 0.25) is 10.0 Å². The van der Waals surface area contributed by atoms with Crippen LogP contribution in [0.4, 0.5) is 0 Å². The number of carboxylic acid groups (broad SMARTS) is 1. The number of nitrogens with zero attached hydrogens (tertiary/aromatic N) is 1. The Morgan fingerprint density at radius 2 is 2.15 bits per heavy atom. The highest BCUT2D eigenvalue weighted by Gasteiger charge is 2.34. The van der Waals surface area contributed by atoms with Gasteiger partial charge in [0.05, 0.1) is 11.3 Å². The summed E-state index contributed by atoms with van der Waals surface area (Å²) in [6.45, 7) is 0.382. The lowest BCUT2D eigenvalue weighted by atomic mass is 10.0. The van der Waals surface area contributed by atoms with E-state index in [0.29, 0.717) is 17.4 Å². The summed E-state index contributed by atoms with van der Waals surface area (Å²) in [4.78, 5) is 11.1. The molecule has 7 heteroatoms. The normalized spacial score (nSPS) is 20.8. The quantitative estimate of drug-likeness (QED) is 0.893. The summed E-state index contributed by atoms with van der Waals surface area (Å²) in [7, 11) is -3.64. The Bertz CT molecular complexity index is 602. The maximum Gasteiger partial charge on any atom is 0.304 e. The topological polar surface area (TPSA) is 74.7 Å². The van der Waals surface area contributed by atoms with Crippen LogP contribution >= 0.6 is 15.9 Å². The Hall–Kier alpha value is -0.920. The number of hydrogen-bond donors (Lipinski definition) is 1. The van der Waals surface area contributed by atoms with E-state index < -0.39 is 22.0 Å². The highest BCUT2D eigenvalue weighted by atomic mass is 79.9. The van der Waals surface area contributed by atoms with Crippen molar-refractivity contribution in [3.8, 4) is 0 Å². The third-order valence-corrected chi connectivity index (χ3v) is 5.83. The number of carbonyl (C=O) groups is 1. The second-order valence-corrected chi connectivity index (χ2v) is 7.63. The molecule has 1 heterocycles. The standard InChI is InChI=1S/C13H16BrNO4S/c14-10-4-3-6-12(8-10)20(18,19)15-7-2-1-5-11(15)9-13(16)17/h3-4,6,8,11H,1-2,5,7,9H2,(H,16,17). The van der Waals surface area contributed by atoms with Gasteiger partial charge in [-0.2, -0.15) is 4.31 Å². The van der Waals surface area contributed by atoms with E-state index in [-0.39, 0.29) is 11.3 Å². The molecule has 110 valence electrons. The number of carboxylic acids is 1. The van der Waals surface area contributed by atoms with Crippen molar-refractivity contribution in [2.75, 3.05) is 6.54 Å². The first-order chi connectivity index (χ1) is 9.41. The lowest BCUT2D eigenvalue weighted by Gasteiger charge is -2.33. The Kier molecular flexibility index (Phi) is 4.82. The molecule has 1 aliphatic rings. The van der Waals surface area contributed by atoms with Crippen LogP contribution in [-0.4, -0.2) is 36.4 Å². The summed E-state index contributed by atoms with van der Waals surface area (Å²) in [5.74, 6) is -0.966. The third-order valence-electron chi connectivity index (χ3n) is 3.39. The van der Waals surface area contributed by atoms with E-state index in [1.54, 1.807) is 18.2 Å². The van der Waals surface area contributed by atoms with Crippen molar-refractivity contribution in [3.63, 3.8) is 0 Å². The highest BCUT2D eigenvalue weighted by Crippen LogP contribution is 2.28. The van der Waals surface area contributed by atoms with E-state index in [1.807, 2.05) is 0 Å². The van der Waals surface area contributed by atoms with Crippen LogP contribution in [0.2, 0.25) is 0 Å². The van der Waals surface area contributed by atoms with Crippen molar-refractivity contribution in [2.45, 2.75) is 36.6 Å². The van der Waals surface area contributed by atoms with Crippen LogP contribution in [0, 0.1) is 0 Å². The first-order valence-electron chi connectivity index (χ1n) is 6.40. The van der Waals surface area contributed by atoms with Crippen LogP contribution in [0.5, 0.6) is 0 Å². The molecule has 1 saturated heterocycles. The molecule has 1 atom stereocenters. The fraction of sp³-hybridized carbons (Fsp3) is 0.462. The summed E-state index contributed by atoms with van der Waals surface area (Å²) >= 11 is 3.26. The van der Waals surface area contributed by atoms with Crippen LogP contribution in [0.15, 0.2) is 33.6 Å². The highest BCUT2D eigenvalue weighted by molar-refractivity contribution is 9.10. The Labute approximate surface area is 126 Å². The van der Waals surface area contributed by atoms with Gasteiger partial charge in [0, 0.05) is 17.1 Å². The first-order valence-corrected chi connectivity index (χ1v) is 8.64. The molecule has 1 aromatic rings. The predicted octanol–water partition coefficient (Wildman–Crippen LogP) is 2.47. The van der Waals surface area contributed by atoms with Crippen LogP contribution in [0.25, 0.3) is 0 Å². The van der Waals surface area contributed by atoms with Gasteiger partial charge in [-0.1, -0.05) is 28.4 Å². The van der Waals surface area contributed by atoms with Gasteiger partial charge in [-0.05, 0) is 31.0 Å². The van der Waals surface area contributed by atoms with Gasteiger partial charge in [-0.25, -0.2) is 8.42 Å². The molecule has 0 amide bonds. The van der Waals surface area contributed by atoms with Crippen molar-refractivity contribution < 1.29 is 18.3 Å². The van der Waals surface area contributed by atoms with Crippen LogP contribution in [-0.2, 0) is 14.8 Å². The summed E-state index contributed by atoms with van der Waals surface area (Å²) in [5, 5.41) is 8.93. The fourth-order valence-corrected chi connectivity index (χ4v) is 4.75. The molecular formula is C13H16BrNO4S. The van der Waals surface area contributed by atoms with Crippen molar-refractivity contribution in [2.24, 2.45) is 0 Å². The number of rotatable bonds is 4. The molecule has 5 nitrogen and oxygen atoms in total. The van der Waals surface area contributed by atoms with Gasteiger partial charge in [0.15, 0.2) is 0 Å². The van der Waals surface area contributed by atoms with Gasteiger partial charge >= 0.3 is 5.97 Å². The average Bonchev–Trinajstić information content (AvgIpc) is 2.38. The zero-order chi connectivity index (χ0) is 14.8. The van der Waals surface area contributed by atoms with E-state index in [0.717, 1.165) is 12.8 Å². The molecule has 1 N–H and O–H groups in total. The summed E-state index contributed by atoms with van der Waals surface area (Å²) < 4.78 is 27.3. The number of benzene rings is 1. The third kappa shape index (κ3) is 3.39. The number of aliphatic carboxylic acids is 1. The fourth-order valence-electron chi connectivity index (χ4n) is 2.46. The molecule has 0 aliphatic carbocycles. The molecule has 0 bridgehead atoms. The minimum atomic E-state index is -3.64. The Balaban J connectivity index is 2.33. The molecule has 0 aromatic heterocycles. The second-order valence-electron chi connectivity index (χ2n) is 4.82. The largest absolute Gasteiger partial charge is 0.481 e. The first kappa shape index (κ1) is 15.5. The number of piperidine rings is 1. The van der Waals surface area contributed by atoms with Crippen molar-refractivity contribution >= 4 is 31.9 Å². The van der Waals surface area contributed by atoms with Gasteiger partial charge in [0.25, 0.3) is 0 Å². The number of halogens is 1. The lowest BCUT2D eigenvalue weighted by Crippen LogP contribution is -2.44. The summed E-state index contributed by atoms with van der Waals surface area (Å²) in [5.41, 5.74) is 0. The summed E-state index contributed by atoms with van der Waals surface area (Å²) in [6.07, 6.45) is 2.08. The predicted molar refractivity (Wildman–Crippen MR) is 77.9 cm³/mol. The second kappa shape index (κ2) is 6.24. The molecule has 0 spiro atoms. The van der Waals surface area contributed by atoms with E-state index >= 15 is 0 Å². The molecule has 0 saturated carbocycles. The molecule has 2 rings (SSSR count). The van der Waals surface area contributed by atoms with Crippen molar-refractivity contribution in [1.29, 1.82) is 0 Å². The zero-order valence-corrected chi connectivity index (χ0v) is 13.2. The molecule has 1 aromatic carbocycles. The maximum absolute atomic E-state index is 12.6. The summed E-state index contributed by atoms with van der Waals surface area (Å²) in [6, 6.07) is 6.04. The molecule has 1 aliphatic heterocycles. The zero-order valence-electron chi connectivity index (χ0n) is 10.8.